The Hall–Kier alpha value is -1.33. The van der Waals surface area contributed by atoms with Crippen LogP contribution in [0.5, 0.6) is 0 Å². The first-order valence-corrected chi connectivity index (χ1v) is 5.89. The molecule has 2 N–H and O–H groups in total. The number of hydrogen-bond donors (Lipinski definition) is 1. The fourth-order valence-electron chi connectivity index (χ4n) is 2.01. The second-order valence-electron chi connectivity index (χ2n) is 4.21. The third-order valence-corrected chi connectivity index (χ3v) is 3.02. The molecule has 0 aromatic carbocycles. The predicted octanol–water partition coefficient (Wildman–Crippen LogP) is 0.256. The third-order valence-electron chi connectivity index (χ3n) is 3.02. The summed E-state index contributed by atoms with van der Waals surface area (Å²) in [5.41, 5.74) is 6.70. The van der Waals surface area contributed by atoms with Crippen LogP contribution in [0.4, 0.5) is 0 Å². The first-order chi connectivity index (χ1) is 8.31. The van der Waals surface area contributed by atoms with Gasteiger partial charge in [0.05, 0.1) is 31.7 Å². The molecule has 5 heteroatoms. The van der Waals surface area contributed by atoms with Crippen molar-refractivity contribution in [3.05, 3.63) is 24.2 Å². The Morgan fingerprint density at radius 2 is 2.24 bits per heavy atom. The van der Waals surface area contributed by atoms with E-state index in [1.54, 1.807) is 12.5 Å². The number of rotatable bonds is 4. The van der Waals surface area contributed by atoms with Gasteiger partial charge in [0.25, 0.3) is 0 Å². The summed E-state index contributed by atoms with van der Waals surface area (Å²) in [5.74, 6) is -0.0392. The Morgan fingerprint density at radius 3 is 2.82 bits per heavy atom. The number of amides is 1. The van der Waals surface area contributed by atoms with Crippen LogP contribution in [0.25, 0.3) is 0 Å². The van der Waals surface area contributed by atoms with Gasteiger partial charge in [-0.3, -0.25) is 4.79 Å². The van der Waals surface area contributed by atoms with Gasteiger partial charge in [-0.2, -0.15) is 0 Å². The zero-order valence-electron chi connectivity index (χ0n) is 9.80. The van der Waals surface area contributed by atoms with Crippen LogP contribution in [0.3, 0.4) is 0 Å². The van der Waals surface area contributed by atoms with Gasteiger partial charge in [-0.25, -0.2) is 0 Å². The molecule has 1 aliphatic rings. The molecule has 1 atom stereocenters. The van der Waals surface area contributed by atoms with E-state index in [-0.39, 0.29) is 11.8 Å². The Labute approximate surface area is 101 Å². The van der Waals surface area contributed by atoms with Crippen LogP contribution in [0.1, 0.15) is 5.56 Å². The quantitative estimate of drug-likeness (QED) is 0.816. The van der Waals surface area contributed by atoms with E-state index in [0.717, 1.165) is 5.56 Å². The molecule has 1 fully saturated rings. The summed E-state index contributed by atoms with van der Waals surface area (Å²) >= 11 is 0. The van der Waals surface area contributed by atoms with Gasteiger partial charge in [0.1, 0.15) is 0 Å². The second kappa shape index (κ2) is 5.84. The summed E-state index contributed by atoms with van der Waals surface area (Å²) in [5, 5.41) is 0. The van der Waals surface area contributed by atoms with Crippen molar-refractivity contribution < 1.29 is 13.9 Å². The zero-order chi connectivity index (χ0) is 12.1. The fourth-order valence-corrected chi connectivity index (χ4v) is 2.01. The first-order valence-electron chi connectivity index (χ1n) is 5.89. The Balaban J connectivity index is 1.94. The fraction of sp³-hybridized carbons (Fsp3) is 0.583. The number of hydrogen-bond acceptors (Lipinski definition) is 4. The average molecular weight is 238 g/mol. The minimum atomic E-state index is -0.161. The van der Waals surface area contributed by atoms with Crippen molar-refractivity contribution >= 4 is 5.91 Å². The van der Waals surface area contributed by atoms with E-state index in [9.17, 15) is 4.79 Å². The summed E-state index contributed by atoms with van der Waals surface area (Å²) in [7, 11) is 0. The largest absolute Gasteiger partial charge is 0.472 e. The number of furan rings is 1. The second-order valence-corrected chi connectivity index (χ2v) is 4.21. The van der Waals surface area contributed by atoms with E-state index >= 15 is 0 Å². The minimum Gasteiger partial charge on any atom is -0.472 e. The Morgan fingerprint density at radius 1 is 1.47 bits per heavy atom. The smallest absolute Gasteiger partial charge is 0.227 e. The van der Waals surface area contributed by atoms with Crippen molar-refractivity contribution in [1.82, 2.24) is 4.90 Å². The molecule has 1 amide bonds. The lowest BCUT2D eigenvalue weighted by molar-refractivity contribution is -0.139. The predicted molar refractivity (Wildman–Crippen MR) is 62.4 cm³/mol. The van der Waals surface area contributed by atoms with Gasteiger partial charge in [0, 0.05) is 19.6 Å². The van der Waals surface area contributed by atoms with Crippen molar-refractivity contribution in [2.45, 2.75) is 6.42 Å². The Kier molecular flexibility index (Phi) is 4.17. The van der Waals surface area contributed by atoms with Crippen LogP contribution < -0.4 is 5.73 Å². The van der Waals surface area contributed by atoms with E-state index in [1.807, 2.05) is 11.0 Å². The van der Waals surface area contributed by atoms with Gasteiger partial charge in [0.15, 0.2) is 0 Å². The van der Waals surface area contributed by atoms with Crippen molar-refractivity contribution in [3.8, 4) is 0 Å². The lowest BCUT2D eigenvalue weighted by atomic mass is 9.99. The molecule has 1 aliphatic heterocycles. The highest BCUT2D eigenvalue weighted by atomic mass is 16.5. The SMILES string of the molecule is NCC(Cc1ccoc1)C(=O)N1CCOCC1. The minimum absolute atomic E-state index is 0.122. The lowest BCUT2D eigenvalue weighted by Gasteiger charge is -2.30. The lowest BCUT2D eigenvalue weighted by Crippen LogP contribution is -2.45. The number of nitrogens with zero attached hydrogens (tertiary/aromatic N) is 1. The molecule has 94 valence electrons. The van der Waals surface area contributed by atoms with E-state index < -0.39 is 0 Å². The molecule has 1 aromatic heterocycles. The zero-order valence-corrected chi connectivity index (χ0v) is 9.80. The number of carbonyl (C=O) groups excluding carboxylic acids is 1. The van der Waals surface area contributed by atoms with Crippen molar-refractivity contribution in [1.29, 1.82) is 0 Å². The van der Waals surface area contributed by atoms with E-state index in [2.05, 4.69) is 0 Å². The molecule has 0 radical (unpaired) electrons. The van der Waals surface area contributed by atoms with Crippen LogP contribution in [0.15, 0.2) is 23.0 Å². The topological polar surface area (TPSA) is 68.7 Å². The van der Waals surface area contributed by atoms with Crippen LogP contribution in [-0.4, -0.2) is 43.7 Å². The van der Waals surface area contributed by atoms with Gasteiger partial charge >= 0.3 is 0 Å². The molecule has 0 aliphatic carbocycles. The van der Waals surface area contributed by atoms with Crippen molar-refractivity contribution in [3.63, 3.8) is 0 Å². The van der Waals surface area contributed by atoms with Gasteiger partial charge in [0.2, 0.25) is 5.91 Å². The summed E-state index contributed by atoms with van der Waals surface area (Å²) in [6.45, 7) is 2.94. The molecule has 0 bridgehead atoms. The van der Waals surface area contributed by atoms with E-state index in [1.165, 1.54) is 0 Å². The number of ether oxygens (including phenoxy) is 1. The van der Waals surface area contributed by atoms with Gasteiger partial charge < -0.3 is 19.8 Å². The van der Waals surface area contributed by atoms with Gasteiger partial charge in [-0.05, 0) is 18.1 Å². The Bertz CT molecular complexity index is 345. The van der Waals surface area contributed by atoms with Crippen LogP contribution in [-0.2, 0) is 16.0 Å². The van der Waals surface area contributed by atoms with Gasteiger partial charge in [-0.1, -0.05) is 0 Å². The monoisotopic (exact) mass is 238 g/mol. The highest BCUT2D eigenvalue weighted by molar-refractivity contribution is 5.79. The number of morpholine rings is 1. The van der Waals surface area contributed by atoms with Crippen LogP contribution >= 0.6 is 0 Å². The maximum atomic E-state index is 12.2. The molecule has 0 spiro atoms. The van der Waals surface area contributed by atoms with Crippen molar-refractivity contribution in [2.75, 3.05) is 32.8 Å². The molecule has 2 rings (SSSR count). The highest BCUT2D eigenvalue weighted by Gasteiger charge is 2.25. The maximum Gasteiger partial charge on any atom is 0.227 e. The summed E-state index contributed by atoms with van der Waals surface area (Å²) in [4.78, 5) is 14.0. The normalized spacial score (nSPS) is 18.1. The molecule has 5 nitrogen and oxygen atoms in total. The number of carbonyl (C=O) groups is 1. The van der Waals surface area contributed by atoms with Crippen LogP contribution in [0.2, 0.25) is 0 Å². The maximum absolute atomic E-state index is 12.2. The molecule has 1 unspecified atom stereocenters. The molecule has 0 saturated carbocycles. The first kappa shape index (κ1) is 12.1. The van der Waals surface area contributed by atoms with Crippen LogP contribution in [0, 0.1) is 5.92 Å². The summed E-state index contributed by atoms with van der Waals surface area (Å²) in [6, 6.07) is 1.87. The number of nitrogens with two attached hydrogens (primary N) is 1. The molecule has 1 saturated heterocycles. The van der Waals surface area contributed by atoms with E-state index in [4.69, 9.17) is 14.9 Å². The molecular formula is C12H18N2O3. The molecule has 17 heavy (non-hydrogen) atoms. The molecule has 1 aromatic rings. The molecule has 2 heterocycles. The highest BCUT2D eigenvalue weighted by Crippen LogP contribution is 2.12. The van der Waals surface area contributed by atoms with Crippen molar-refractivity contribution in [2.24, 2.45) is 11.7 Å². The molecular weight excluding hydrogens is 220 g/mol. The summed E-state index contributed by atoms with van der Waals surface area (Å²) < 4.78 is 10.2. The average Bonchev–Trinajstić information content (AvgIpc) is 2.89. The third kappa shape index (κ3) is 3.08. The summed E-state index contributed by atoms with van der Waals surface area (Å²) in [6.07, 6.45) is 3.92. The standard InChI is InChI=1S/C12H18N2O3/c13-8-11(7-10-1-4-17-9-10)12(15)14-2-5-16-6-3-14/h1,4,9,11H,2-3,5-8,13H2. The van der Waals surface area contributed by atoms with Gasteiger partial charge in [-0.15, -0.1) is 0 Å². The van der Waals surface area contributed by atoms with E-state index in [0.29, 0.717) is 39.3 Å².